The molecule has 1 saturated heterocycles. The van der Waals surface area contributed by atoms with Gasteiger partial charge in [-0.2, -0.15) is 0 Å². The molecule has 1 fully saturated rings. The number of aromatic nitrogens is 3. The standard InChI is InChI=1S/C21H21N5O4S/c27-19(22-13-18-7-4-12-30-18)14-31-21-24-23-20(25(21)16-5-2-1-3-6-16)15-8-10-17(11-9-15)26(28)29/h1-3,5-6,8-11,18H,4,7,12-14H2,(H,22,27)/t18-/m1/s1. The zero-order valence-electron chi connectivity index (χ0n) is 16.6. The lowest BCUT2D eigenvalue weighted by Crippen LogP contribution is -2.32. The number of para-hydroxylation sites is 1. The van der Waals surface area contributed by atoms with E-state index in [-0.39, 0.29) is 23.5 Å². The highest BCUT2D eigenvalue weighted by Crippen LogP contribution is 2.29. The third kappa shape index (κ3) is 5.09. The molecule has 31 heavy (non-hydrogen) atoms. The Labute approximate surface area is 183 Å². The van der Waals surface area contributed by atoms with Gasteiger partial charge in [-0.25, -0.2) is 0 Å². The van der Waals surface area contributed by atoms with Gasteiger partial charge in [0.05, 0.1) is 16.8 Å². The number of nitro benzene ring substituents is 1. The quantitative estimate of drug-likeness (QED) is 0.326. The van der Waals surface area contributed by atoms with E-state index in [1.807, 2.05) is 34.9 Å². The fourth-order valence-electron chi connectivity index (χ4n) is 3.31. The van der Waals surface area contributed by atoms with Crippen LogP contribution in [-0.4, -0.2) is 50.6 Å². The molecule has 0 saturated carbocycles. The van der Waals surface area contributed by atoms with Crippen LogP contribution in [0, 0.1) is 10.1 Å². The monoisotopic (exact) mass is 439 g/mol. The van der Waals surface area contributed by atoms with Crippen LogP contribution < -0.4 is 5.32 Å². The predicted molar refractivity (Wildman–Crippen MR) is 116 cm³/mol. The van der Waals surface area contributed by atoms with Gasteiger partial charge < -0.3 is 10.1 Å². The Bertz CT molecular complexity index is 1050. The molecular weight excluding hydrogens is 418 g/mol. The van der Waals surface area contributed by atoms with Crippen molar-refractivity contribution >= 4 is 23.4 Å². The molecule has 3 aromatic rings. The van der Waals surface area contributed by atoms with Gasteiger partial charge in [-0.3, -0.25) is 19.5 Å². The molecule has 0 radical (unpaired) electrons. The number of nitrogens with one attached hydrogen (secondary N) is 1. The minimum atomic E-state index is -0.442. The van der Waals surface area contributed by atoms with Crippen LogP contribution in [0.1, 0.15) is 12.8 Å². The molecule has 0 bridgehead atoms. The molecule has 1 N–H and O–H groups in total. The maximum atomic E-state index is 12.3. The second-order valence-corrected chi connectivity index (χ2v) is 7.95. The van der Waals surface area contributed by atoms with E-state index in [1.54, 1.807) is 12.1 Å². The summed E-state index contributed by atoms with van der Waals surface area (Å²) >= 11 is 1.28. The third-order valence-corrected chi connectivity index (χ3v) is 5.80. The first-order valence-electron chi connectivity index (χ1n) is 9.88. The van der Waals surface area contributed by atoms with Crippen molar-refractivity contribution in [3.05, 3.63) is 64.7 Å². The van der Waals surface area contributed by atoms with E-state index in [0.29, 0.717) is 23.1 Å². The van der Waals surface area contributed by atoms with Gasteiger partial charge in [0.25, 0.3) is 5.69 Å². The zero-order valence-corrected chi connectivity index (χ0v) is 17.5. The number of thioether (sulfide) groups is 1. The molecule has 2 heterocycles. The van der Waals surface area contributed by atoms with Crippen LogP contribution in [0.25, 0.3) is 17.1 Å². The van der Waals surface area contributed by atoms with E-state index in [2.05, 4.69) is 15.5 Å². The van der Waals surface area contributed by atoms with Gasteiger partial charge in [0.1, 0.15) is 0 Å². The number of nitro groups is 1. The normalized spacial score (nSPS) is 15.7. The van der Waals surface area contributed by atoms with Crippen molar-refractivity contribution in [2.75, 3.05) is 18.9 Å². The lowest BCUT2D eigenvalue weighted by molar-refractivity contribution is -0.384. The van der Waals surface area contributed by atoms with Crippen LogP contribution >= 0.6 is 11.8 Å². The highest BCUT2D eigenvalue weighted by Gasteiger charge is 2.19. The van der Waals surface area contributed by atoms with E-state index < -0.39 is 4.92 Å². The number of amides is 1. The first-order valence-corrected chi connectivity index (χ1v) is 10.9. The molecule has 10 heteroatoms. The summed E-state index contributed by atoms with van der Waals surface area (Å²) in [6, 6.07) is 15.7. The van der Waals surface area contributed by atoms with Crippen LogP contribution in [0.5, 0.6) is 0 Å². The molecule has 0 aliphatic carbocycles. The van der Waals surface area contributed by atoms with Crippen molar-refractivity contribution < 1.29 is 14.5 Å². The highest BCUT2D eigenvalue weighted by molar-refractivity contribution is 7.99. The molecule has 1 aliphatic rings. The number of nitrogens with zero attached hydrogens (tertiary/aromatic N) is 4. The first-order chi connectivity index (χ1) is 15.1. The number of carbonyl (C=O) groups is 1. The van der Waals surface area contributed by atoms with E-state index in [4.69, 9.17) is 4.74 Å². The molecule has 1 aromatic heterocycles. The average Bonchev–Trinajstić information content (AvgIpc) is 3.47. The van der Waals surface area contributed by atoms with Crippen molar-refractivity contribution in [3.63, 3.8) is 0 Å². The molecule has 160 valence electrons. The minimum absolute atomic E-state index is 0.00652. The van der Waals surface area contributed by atoms with Crippen LogP contribution in [0.3, 0.4) is 0 Å². The molecule has 4 rings (SSSR count). The van der Waals surface area contributed by atoms with Crippen molar-refractivity contribution in [1.82, 2.24) is 20.1 Å². The zero-order chi connectivity index (χ0) is 21.6. The minimum Gasteiger partial charge on any atom is -0.376 e. The Morgan fingerprint density at radius 3 is 2.65 bits per heavy atom. The van der Waals surface area contributed by atoms with Gasteiger partial charge in [-0.1, -0.05) is 30.0 Å². The lowest BCUT2D eigenvalue weighted by Gasteiger charge is -2.12. The molecule has 9 nitrogen and oxygen atoms in total. The first kappa shape index (κ1) is 21.0. The summed E-state index contributed by atoms with van der Waals surface area (Å²) in [6.45, 7) is 1.26. The number of benzene rings is 2. The lowest BCUT2D eigenvalue weighted by atomic mass is 10.2. The van der Waals surface area contributed by atoms with Crippen molar-refractivity contribution in [3.8, 4) is 17.1 Å². The van der Waals surface area contributed by atoms with Crippen LogP contribution in [-0.2, 0) is 9.53 Å². The number of hydrogen-bond acceptors (Lipinski definition) is 7. The molecule has 1 aliphatic heterocycles. The smallest absolute Gasteiger partial charge is 0.269 e. The fourth-order valence-corrected chi connectivity index (χ4v) is 4.09. The van der Waals surface area contributed by atoms with Gasteiger partial charge in [0.2, 0.25) is 5.91 Å². The van der Waals surface area contributed by atoms with E-state index in [1.165, 1.54) is 23.9 Å². The summed E-state index contributed by atoms with van der Waals surface area (Å²) in [5, 5.41) is 23.0. The van der Waals surface area contributed by atoms with Gasteiger partial charge in [0, 0.05) is 36.5 Å². The molecule has 2 aromatic carbocycles. The van der Waals surface area contributed by atoms with Crippen molar-refractivity contribution in [2.45, 2.75) is 24.1 Å². The second-order valence-electron chi connectivity index (χ2n) is 7.01. The Morgan fingerprint density at radius 2 is 1.97 bits per heavy atom. The largest absolute Gasteiger partial charge is 0.376 e. The van der Waals surface area contributed by atoms with Gasteiger partial charge in [0.15, 0.2) is 11.0 Å². The Morgan fingerprint density at radius 1 is 1.19 bits per heavy atom. The van der Waals surface area contributed by atoms with Crippen LogP contribution in [0.4, 0.5) is 5.69 Å². The van der Waals surface area contributed by atoms with E-state index >= 15 is 0 Å². The van der Waals surface area contributed by atoms with E-state index in [9.17, 15) is 14.9 Å². The SMILES string of the molecule is O=C(CSc1nnc(-c2ccc([N+](=O)[O-])cc2)n1-c1ccccc1)NC[C@H]1CCCO1. The number of rotatable bonds is 8. The van der Waals surface area contributed by atoms with Crippen molar-refractivity contribution in [2.24, 2.45) is 0 Å². The second kappa shape index (κ2) is 9.71. The molecule has 1 atom stereocenters. The molecule has 0 unspecified atom stereocenters. The number of ether oxygens (including phenoxy) is 1. The summed E-state index contributed by atoms with van der Waals surface area (Å²) in [5.41, 5.74) is 1.53. The summed E-state index contributed by atoms with van der Waals surface area (Å²) in [6.07, 6.45) is 2.09. The summed E-state index contributed by atoms with van der Waals surface area (Å²) in [5.74, 6) is 0.640. The fraction of sp³-hybridized carbons (Fsp3) is 0.286. The highest BCUT2D eigenvalue weighted by atomic mass is 32.2. The maximum absolute atomic E-state index is 12.3. The third-order valence-electron chi connectivity index (χ3n) is 4.87. The number of hydrogen-bond donors (Lipinski definition) is 1. The van der Waals surface area contributed by atoms with Gasteiger partial charge >= 0.3 is 0 Å². The van der Waals surface area contributed by atoms with Crippen LogP contribution in [0.2, 0.25) is 0 Å². The Kier molecular flexibility index (Phi) is 6.58. The van der Waals surface area contributed by atoms with Crippen LogP contribution in [0.15, 0.2) is 59.8 Å². The topological polar surface area (TPSA) is 112 Å². The Hall–Kier alpha value is -3.24. The van der Waals surface area contributed by atoms with Gasteiger partial charge in [-0.05, 0) is 37.1 Å². The summed E-state index contributed by atoms with van der Waals surface area (Å²) in [7, 11) is 0. The maximum Gasteiger partial charge on any atom is 0.269 e. The van der Waals surface area contributed by atoms with Gasteiger partial charge in [-0.15, -0.1) is 10.2 Å². The molecule has 0 spiro atoms. The molecule has 1 amide bonds. The summed E-state index contributed by atoms with van der Waals surface area (Å²) in [4.78, 5) is 22.8. The summed E-state index contributed by atoms with van der Waals surface area (Å²) < 4.78 is 7.37. The average molecular weight is 439 g/mol. The Balaban J connectivity index is 1.53. The van der Waals surface area contributed by atoms with E-state index in [0.717, 1.165) is 25.1 Å². The molecular formula is C21H21N5O4S. The predicted octanol–water partition coefficient (Wildman–Crippen LogP) is 3.23. The van der Waals surface area contributed by atoms with Crippen molar-refractivity contribution in [1.29, 1.82) is 0 Å². The number of carbonyl (C=O) groups excluding carboxylic acids is 1. The number of non-ortho nitro benzene ring substituents is 1.